The lowest BCUT2D eigenvalue weighted by Crippen LogP contribution is -2.60. The number of unbranched alkanes of at least 4 members (excludes halogenated alkanes) is 1. The fourth-order valence-electron chi connectivity index (χ4n) is 2.90. The first kappa shape index (κ1) is 17.0. The number of nitrogens with one attached hydrogen (secondary N) is 1. The van der Waals surface area contributed by atoms with Gasteiger partial charge in [-0.25, -0.2) is 0 Å². The molecule has 1 N–H and O–H groups in total. The van der Waals surface area contributed by atoms with Gasteiger partial charge in [-0.3, -0.25) is 9.59 Å². The highest BCUT2D eigenvalue weighted by Crippen LogP contribution is 2.20. The minimum atomic E-state index is -0.322. The Bertz CT molecular complexity index is 328. The normalized spacial score (nSPS) is 21.2. The molecular formula is C16H30N2O2. The summed E-state index contributed by atoms with van der Waals surface area (Å²) in [6.45, 7) is 8.70. The predicted molar refractivity (Wildman–Crippen MR) is 81.3 cm³/mol. The summed E-state index contributed by atoms with van der Waals surface area (Å²) in [5.74, 6) is 0.519. The van der Waals surface area contributed by atoms with Gasteiger partial charge in [-0.15, -0.1) is 0 Å². The van der Waals surface area contributed by atoms with Crippen molar-refractivity contribution in [2.24, 2.45) is 5.92 Å². The van der Waals surface area contributed by atoms with Gasteiger partial charge in [0.15, 0.2) is 0 Å². The summed E-state index contributed by atoms with van der Waals surface area (Å²) < 4.78 is 0. The second kappa shape index (κ2) is 8.28. The maximum Gasteiger partial charge on any atom is 0.245 e. The summed E-state index contributed by atoms with van der Waals surface area (Å²) >= 11 is 0. The first-order valence-corrected chi connectivity index (χ1v) is 8.09. The molecule has 116 valence electrons. The average Bonchev–Trinajstić information content (AvgIpc) is 2.38. The van der Waals surface area contributed by atoms with Crippen LogP contribution in [0.3, 0.4) is 0 Å². The SMILES string of the molecule is CCCCC(CCC)N1CC(=O)NC(CC(C)C)C1=O. The minimum Gasteiger partial charge on any atom is -0.343 e. The van der Waals surface area contributed by atoms with Crippen LogP contribution in [0, 0.1) is 5.92 Å². The first-order chi connectivity index (χ1) is 9.49. The molecule has 0 aromatic carbocycles. The van der Waals surface area contributed by atoms with Crippen LogP contribution >= 0.6 is 0 Å². The van der Waals surface area contributed by atoms with Gasteiger partial charge in [0.1, 0.15) is 6.04 Å². The van der Waals surface area contributed by atoms with Crippen molar-refractivity contribution in [1.82, 2.24) is 10.2 Å². The highest BCUT2D eigenvalue weighted by molar-refractivity contribution is 5.95. The summed E-state index contributed by atoms with van der Waals surface area (Å²) in [7, 11) is 0. The van der Waals surface area contributed by atoms with Crippen molar-refractivity contribution in [3.8, 4) is 0 Å². The Morgan fingerprint density at radius 1 is 1.20 bits per heavy atom. The molecule has 0 spiro atoms. The number of hydrogen-bond donors (Lipinski definition) is 1. The highest BCUT2D eigenvalue weighted by atomic mass is 16.2. The lowest BCUT2D eigenvalue weighted by Gasteiger charge is -2.38. The van der Waals surface area contributed by atoms with E-state index in [-0.39, 0.29) is 30.4 Å². The van der Waals surface area contributed by atoms with Gasteiger partial charge in [0.05, 0.1) is 6.54 Å². The second-order valence-electron chi connectivity index (χ2n) is 6.30. The molecule has 0 aromatic rings. The third-order valence-electron chi connectivity index (χ3n) is 3.89. The van der Waals surface area contributed by atoms with Gasteiger partial charge in [0.2, 0.25) is 11.8 Å². The number of rotatable bonds is 8. The number of amides is 2. The van der Waals surface area contributed by atoms with Crippen molar-refractivity contribution in [1.29, 1.82) is 0 Å². The highest BCUT2D eigenvalue weighted by Gasteiger charge is 2.36. The van der Waals surface area contributed by atoms with Crippen LogP contribution in [0.1, 0.15) is 66.2 Å². The Morgan fingerprint density at radius 3 is 2.45 bits per heavy atom. The molecule has 2 amide bonds. The van der Waals surface area contributed by atoms with Gasteiger partial charge >= 0.3 is 0 Å². The van der Waals surface area contributed by atoms with E-state index >= 15 is 0 Å². The van der Waals surface area contributed by atoms with E-state index in [1.807, 2.05) is 4.90 Å². The number of nitrogens with zero attached hydrogens (tertiary/aromatic N) is 1. The molecule has 2 unspecified atom stereocenters. The standard InChI is InChI=1S/C16H30N2O2/c1-5-7-9-13(8-6-2)18-11-15(19)17-14(16(18)20)10-12(3)4/h12-14H,5-11H2,1-4H3,(H,17,19). The van der Waals surface area contributed by atoms with Gasteiger partial charge in [-0.05, 0) is 25.2 Å². The Balaban J connectivity index is 2.77. The van der Waals surface area contributed by atoms with Gasteiger partial charge in [-0.2, -0.15) is 0 Å². The first-order valence-electron chi connectivity index (χ1n) is 8.09. The van der Waals surface area contributed by atoms with Crippen LogP contribution in [-0.2, 0) is 9.59 Å². The molecule has 4 nitrogen and oxygen atoms in total. The van der Waals surface area contributed by atoms with Crippen molar-refractivity contribution in [3.63, 3.8) is 0 Å². The van der Waals surface area contributed by atoms with E-state index in [9.17, 15) is 9.59 Å². The number of carbonyl (C=O) groups is 2. The van der Waals surface area contributed by atoms with E-state index in [2.05, 4.69) is 33.0 Å². The van der Waals surface area contributed by atoms with Crippen LogP contribution in [0.4, 0.5) is 0 Å². The van der Waals surface area contributed by atoms with Crippen molar-refractivity contribution >= 4 is 11.8 Å². The van der Waals surface area contributed by atoms with Gasteiger partial charge in [-0.1, -0.05) is 47.0 Å². The molecular weight excluding hydrogens is 252 g/mol. The number of hydrogen-bond acceptors (Lipinski definition) is 2. The lowest BCUT2D eigenvalue weighted by molar-refractivity contribution is -0.147. The zero-order chi connectivity index (χ0) is 15.1. The zero-order valence-electron chi connectivity index (χ0n) is 13.4. The van der Waals surface area contributed by atoms with Crippen LogP contribution in [0.5, 0.6) is 0 Å². The molecule has 4 heteroatoms. The molecule has 1 fully saturated rings. The lowest BCUT2D eigenvalue weighted by atomic mass is 9.97. The molecule has 0 radical (unpaired) electrons. The fraction of sp³-hybridized carbons (Fsp3) is 0.875. The second-order valence-corrected chi connectivity index (χ2v) is 6.30. The van der Waals surface area contributed by atoms with E-state index in [1.54, 1.807) is 0 Å². The van der Waals surface area contributed by atoms with Crippen molar-refractivity contribution in [3.05, 3.63) is 0 Å². The molecule has 1 rings (SSSR count). The summed E-state index contributed by atoms with van der Waals surface area (Å²) in [5, 5.41) is 2.85. The van der Waals surface area contributed by atoms with Crippen LogP contribution in [-0.4, -0.2) is 35.3 Å². The molecule has 1 aliphatic heterocycles. The zero-order valence-corrected chi connectivity index (χ0v) is 13.4. The topological polar surface area (TPSA) is 49.4 Å². The molecule has 0 aromatic heterocycles. The fourth-order valence-corrected chi connectivity index (χ4v) is 2.90. The monoisotopic (exact) mass is 282 g/mol. The molecule has 1 saturated heterocycles. The average molecular weight is 282 g/mol. The molecule has 1 aliphatic rings. The summed E-state index contributed by atoms with van der Waals surface area (Å²) in [4.78, 5) is 26.3. The van der Waals surface area contributed by atoms with Gasteiger partial charge < -0.3 is 10.2 Å². The minimum absolute atomic E-state index is 0.00662. The Morgan fingerprint density at radius 2 is 1.90 bits per heavy atom. The van der Waals surface area contributed by atoms with E-state index in [0.717, 1.165) is 38.5 Å². The third kappa shape index (κ3) is 4.80. The Labute approximate surface area is 123 Å². The van der Waals surface area contributed by atoms with Crippen molar-refractivity contribution < 1.29 is 9.59 Å². The molecule has 0 bridgehead atoms. The number of piperazine rings is 1. The predicted octanol–water partition coefficient (Wildman–Crippen LogP) is 2.72. The molecule has 2 atom stereocenters. The van der Waals surface area contributed by atoms with Gasteiger partial charge in [0, 0.05) is 6.04 Å². The maximum absolute atomic E-state index is 12.6. The molecule has 20 heavy (non-hydrogen) atoms. The van der Waals surface area contributed by atoms with E-state index in [1.165, 1.54) is 0 Å². The van der Waals surface area contributed by atoms with Gasteiger partial charge in [0.25, 0.3) is 0 Å². The number of carbonyl (C=O) groups excluding carboxylic acids is 2. The quantitative estimate of drug-likeness (QED) is 0.744. The van der Waals surface area contributed by atoms with E-state index in [0.29, 0.717) is 5.92 Å². The largest absolute Gasteiger partial charge is 0.343 e. The Kier molecular flexibility index (Phi) is 7.03. The van der Waals surface area contributed by atoms with Crippen LogP contribution < -0.4 is 5.32 Å². The van der Waals surface area contributed by atoms with E-state index < -0.39 is 0 Å². The van der Waals surface area contributed by atoms with Crippen LogP contribution in [0.25, 0.3) is 0 Å². The molecule has 0 saturated carbocycles. The van der Waals surface area contributed by atoms with Crippen molar-refractivity contribution in [2.75, 3.05) is 6.54 Å². The summed E-state index contributed by atoms with van der Waals surface area (Å²) in [5.41, 5.74) is 0. The molecule has 0 aliphatic carbocycles. The Hall–Kier alpha value is -1.06. The van der Waals surface area contributed by atoms with Crippen LogP contribution in [0.2, 0.25) is 0 Å². The summed E-state index contributed by atoms with van der Waals surface area (Å²) in [6, 6.07) is -0.0922. The van der Waals surface area contributed by atoms with Crippen LogP contribution in [0.15, 0.2) is 0 Å². The van der Waals surface area contributed by atoms with E-state index in [4.69, 9.17) is 0 Å². The van der Waals surface area contributed by atoms with Crippen molar-refractivity contribution in [2.45, 2.75) is 78.3 Å². The summed E-state index contributed by atoms with van der Waals surface area (Å²) in [6.07, 6.45) is 6.03. The third-order valence-corrected chi connectivity index (χ3v) is 3.89. The smallest absolute Gasteiger partial charge is 0.245 e. The molecule has 1 heterocycles. The maximum atomic E-state index is 12.6.